The van der Waals surface area contributed by atoms with Gasteiger partial charge in [0.05, 0.1) is 16.5 Å². The van der Waals surface area contributed by atoms with Crippen molar-refractivity contribution in [2.75, 3.05) is 12.8 Å². The third kappa shape index (κ3) is 1.63. The van der Waals surface area contributed by atoms with Gasteiger partial charge >= 0.3 is 5.69 Å². The van der Waals surface area contributed by atoms with Crippen LogP contribution in [0, 0.1) is 15.9 Å². The number of hydrogen-bond donors (Lipinski definition) is 1. The lowest BCUT2D eigenvalue weighted by Gasteiger charge is -2.05. The highest BCUT2D eigenvalue weighted by Gasteiger charge is 2.24. The van der Waals surface area contributed by atoms with E-state index in [1.807, 2.05) is 0 Å². The molecule has 76 valence electrons. The third-order valence-electron chi connectivity index (χ3n) is 1.59. The van der Waals surface area contributed by atoms with Gasteiger partial charge in [-0.3, -0.25) is 10.1 Å². The second-order valence-corrected chi connectivity index (χ2v) is 3.25. The van der Waals surface area contributed by atoms with Gasteiger partial charge in [0.15, 0.2) is 17.3 Å². The largest absolute Gasteiger partial charge is 0.490 e. The molecule has 0 saturated heterocycles. The Kier molecular flexibility index (Phi) is 2.90. The number of methoxy groups -OCH3 is 1. The summed E-state index contributed by atoms with van der Waals surface area (Å²) >= 11 is 2.86. The molecule has 0 atom stereocenters. The summed E-state index contributed by atoms with van der Waals surface area (Å²) in [5.74, 6) is -0.946. The van der Waals surface area contributed by atoms with E-state index in [1.165, 1.54) is 7.11 Å². The van der Waals surface area contributed by atoms with Gasteiger partial charge in [0.25, 0.3) is 0 Å². The lowest BCUT2D eigenvalue weighted by Crippen LogP contribution is -2.02. The molecule has 0 amide bonds. The first-order chi connectivity index (χ1) is 6.49. The molecule has 0 heterocycles. The predicted octanol–water partition coefficient (Wildman–Crippen LogP) is 2.09. The zero-order valence-electron chi connectivity index (χ0n) is 7.08. The van der Waals surface area contributed by atoms with E-state index in [2.05, 4.69) is 15.9 Å². The molecule has 0 aliphatic rings. The zero-order chi connectivity index (χ0) is 10.9. The molecule has 0 fully saturated rings. The second-order valence-electron chi connectivity index (χ2n) is 2.39. The molecule has 1 aromatic rings. The van der Waals surface area contributed by atoms with Crippen LogP contribution in [0.4, 0.5) is 15.8 Å². The van der Waals surface area contributed by atoms with Crippen molar-refractivity contribution in [3.05, 3.63) is 26.5 Å². The first kappa shape index (κ1) is 10.7. The molecular weight excluding hydrogens is 259 g/mol. The van der Waals surface area contributed by atoms with Gasteiger partial charge in [0.2, 0.25) is 0 Å². The number of halogens is 2. The van der Waals surface area contributed by atoms with E-state index in [-0.39, 0.29) is 10.2 Å². The van der Waals surface area contributed by atoms with Gasteiger partial charge in [0, 0.05) is 6.07 Å². The highest BCUT2D eigenvalue weighted by molar-refractivity contribution is 9.10. The highest BCUT2D eigenvalue weighted by atomic mass is 79.9. The fourth-order valence-electron chi connectivity index (χ4n) is 0.956. The maximum atomic E-state index is 13.1. The Labute approximate surface area is 86.9 Å². The average Bonchev–Trinajstić information content (AvgIpc) is 2.12. The number of nitro benzene ring substituents is 1. The van der Waals surface area contributed by atoms with Crippen LogP contribution in [0.5, 0.6) is 5.75 Å². The van der Waals surface area contributed by atoms with Crippen LogP contribution in [0.25, 0.3) is 0 Å². The molecule has 1 aromatic carbocycles. The number of hydrogen-bond acceptors (Lipinski definition) is 4. The van der Waals surface area contributed by atoms with Gasteiger partial charge in [-0.25, -0.2) is 4.39 Å². The number of benzene rings is 1. The molecule has 7 heteroatoms. The summed E-state index contributed by atoms with van der Waals surface area (Å²) in [6.07, 6.45) is 0. The Hall–Kier alpha value is -1.37. The third-order valence-corrected chi connectivity index (χ3v) is 2.17. The molecular formula is C7H6BrFN2O3. The van der Waals surface area contributed by atoms with Crippen LogP contribution in [0.15, 0.2) is 10.5 Å². The lowest BCUT2D eigenvalue weighted by atomic mass is 10.2. The Morgan fingerprint density at radius 3 is 2.71 bits per heavy atom. The van der Waals surface area contributed by atoms with E-state index in [0.29, 0.717) is 0 Å². The first-order valence-corrected chi connectivity index (χ1v) is 4.24. The van der Waals surface area contributed by atoms with Crippen molar-refractivity contribution in [2.24, 2.45) is 0 Å². The fraction of sp³-hybridized carbons (Fsp3) is 0.143. The van der Waals surface area contributed by atoms with Gasteiger partial charge in [-0.1, -0.05) is 0 Å². The number of ether oxygens (including phenoxy) is 1. The minimum atomic E-state index is -0.863. The summed E-state index contributed by atoms with van der Waals surface area (Å²) < 4.78 is 17.9. The summed E-state index contributed by atoms with van der Waals surface area (Å²) in [5.41, 5.74) is 4.13. The Morgan fingerprint density at radius 1 is 1.71 bits per heavy atom. The van der Waals surface area contributed by atoms with Crippen molar-refractivity contribution in [1.82, 2.24) is 0 Å². The maximum absolute atomic E-state index is 13.1. The highest BCUT2D eigenvalue weighted by Crippen LogP contribution is 2.38. The first-order valence-electron chi connectivity index (χ1n) is 3.45. The molecule has 0 spiro atoms. The minimum Gasteiger partial charge on any atom is -0.490 e. The summed E-state index contributed by atoms with van der Waals surface area (Å²) in [6.45, 7) is 0. The standard InChI is InChI=1S/C7H6BrFN2O3/c1-14-4-2-3(8)5(9)6(10)7(4)11(12)13/h2H,10H2,1H3. The van der Waals surface area contributed by atoms with E-state index in [9.17, 15) is 14.5 Å². The fourth-order valence-corrected chi connectivity index (χ4v) is 1.38. The summed E-state index contributed by atoms with van der Waals surface area (Å²) in [5, 5.41) is 10.5. The van der Waals surface area contributed by atoms with E-state index in [4.69, 9.17) is 10.5 Å². The minimum absolute atomic E-state index is 0.0254. The van der Waals surface area contributed by atoms with Crippen LogP contribution >= 0.6 is 15.9 Å². The second kappa shape index (κ2) is 3.79. The van der Waals surface area contributed by atoms with Crippen LogP contribution in [-0.4, -0.2) is 12.0 Å². The number of rotatable bonds is 2. The molecule has 0 aliphatic heterocycles. The molecule has 0 aromatic heterocycles. The van der Waals surface area contributed by atoms with Crippen molar-refractivity contribution < 1.29 is 14.1 Å². The van der Waals surface area contributed by atoms with E-state index >= 15 is 0 Å². The maximum Gasteiger partial charge on any atom is 0.336 e. The van der Waals surface area contributed by atoms with Gasteiger partial charge in [-0.15, -0.1) is 0 Å². The molecule has 14 heavy (non-hydrogen) atoms. The molecule has 1 rings (SSSR count). The van der Waals surface area contributed by atoms with Crippen LogP contribution < -0.4 is 10.5 Å². The van der Waals surface area contributed by atoms with E-state index < -0.39 is 22.1 Å². The Morgan fingerprint density at radius 2 is 2.29 bits per heavy atom. The van der Waals surface area contributed by atoms with Crippen LogP contribution in [-0.2, 0) is 0 Å². The summed E-state index contributed by atoms with van der Waals surface area (Å²) in [6, 6.07) is 1.16. The zero-order valence-corrected chi connectivity index (χ0v) is 8.67. The summed E-state index contributed by atoms with van der Waals surface area (Å²) in [4.78, 5) is 9.74. The number of nitrogen functional groups attached to an aromatic ring is 1. The molecule has 0 bridgehead atoms. The molecule has 2 N–H and O–H groups in total. The van der Waals surface area contributed by atoms with Crippen LogP contribution in [0.3, 0.4) is 0 Å². The summed E-state index contributed by atoms with van der Waals surface area (Å²) in [7, 11) is 1.24. The molecule has 0 unspecified atom stereocenters. The molecule has 0 radical (unpaired) electrons. The number of nitrogens with two attached hydrogens (primary N) is 1. The number of nitrogens with zero attached hydrogens (tertiary/aromatic N) is 1. The SMILES string of the molecule is COc1cc(Br)c(F)c(N)c1[N+](=O)[O-]. The normalized spacial score (nSPS) is 9.93. The molecule has 0 saturated carbocycles. The van der Waals surface area contributed by atoms with Crippen LogP contribution in [0.1, 0.15) is 0 Å². The van der Waals surface area contributed by atoms with Crippen molar-refractivity contribution in [2.45, 2.75) is 0 Å². The van der Waals surface area contributed by atoms with Crippen molar-refractivity contribution in [3.63, 3.8) is 0 Å². The lowest BCUT2D eigenvalue weighted by molar-refractivity contribution is -0.384. The van der Waals surface area contributed by atoms with Gasteiger partial charge in [0.1, 0.15) is 0 Å². The Balaban J connectivity index is 3.53. The quantitative estimate of drug-likeness (QED) is 0.504. The molecule has 0 aliphatic carbocycles. The number of nitro groups is 1. The topological polar surface area (TPSA) is 78.4 Å². The van der Waals surface area contributed by atoms with Crippen molar-refractivity contribution in [3.8, 4) is 5.75 Å². The van der Waals surface area contributed by atoms with Crippen LogP contribution in [0.2, 0.25) is 0 Å². The van der Waals surface area contributed by atoms with Gasteiger partial charge < -0.3 is 10.5 Å². The number of anilines is 1. The van der Waals surface area contributed by atoms with Gasteiger partial charge in [-0.05, 0) is 15.9 Å². The average molecular weight is 265 g/mol. The van der Waals surface area contributed by atoms with Gasteiger partial charge in [-0.2, -0.15) is 0 Å². The monoisotopic (exact) mass is 264 g/mol. The predicted molar refractivity (Wildman–Crippen MR) is 51.7 cm³/mol. The smallest absolute Gasteiger partial charge is 0.336 e. The van der Waals surface area contributed by atoms with E-state index in [1.54, 1.807) is 0 Å². The Bertz CT molecular complexity index is 397. The van der Waals surface area contributed by atoms with E-state index in [0.717, 1.165) is 6.07 Å². The van der Waals surface area contributed by atoms with Crippen molar-refractivity contribution >= 4 is 27.3 Å². The van der Waals surface area contributed by atoms with Crippen molar-refractivity contribution in [1.29, 1.82) is 0 Å². The molecule has 5 nitrogen and oxygen atoms in total.